The molecule has 9 heteroatoms. The average Bonchev–Trinajstić information content (AvgIpc) is 2.77. The van der Waals surface area contributed by atoms with Crippen LogP contribution in [0.2, 0.25) is 0 Å². The van der Waals surface area contributed by atoms with E-state index in [1.807, 2.05) is 0 Å². The van der Waals surface area contributed by atoms with Crippen molar-refractivity contribution in [3.8, 4) is 5.75 Å². The molecular formula is C25H25BrF2N2O4. The van der Waals surface area contributed by atoms with Crippen LogP contribution in [0.25, 0.3) is 0 Å². The van der Waals surface area contributed by atoms with Crippen molar-refractivity contribution in [3.05, 3.63) is 97.4 Å². The third-order valence-electron chi connectivity index (χ3n) is 5.05. The first kappa shape index (κ1) is 25.6. The van der Waals surface area contributed by atoms with Gasteiger partial charge in [-0.15, -0.1) is 0 Å². The molecule has 0 radical (unpaired) electrons. The molecule has 0 aliphatic carbocycles. The van der Waals surface area contributed by atoms with Gasteiger partial charge in [0.25, 0.3) is 11.5 Å². The van der Waals surface area contributed by atoms with Crippen LogP contribution >= 0.6 is 15.9 Å². The van der Waals surface area contributed by atoms with Crippen LogP contribution in [0.1, 0.15) is 41.0 Å². The third kappa shape index (κ3) is 6.51. The molecule has 180 valence electrons. The number of hydrogen-bond donors (Lipinski definition) is 2. The first-order valence-electron chi connectivity index (χ1n) is 10.5. The molecule has 0 aliphatic rings. The van der Waals surface area contributed by atoms with Crippen molar-refractivity contribution in [2.75, 3.05) is 6.54 Å². The lowest BCUT2D eigenvalue weighted by atomic mass is 10.1. The molecule has 3 aromatic rings. The van der Waals surface area contributed by atoms with E-state index < -0.39 is 17.2 Å². The molecule has 0 atom stereocenters. The number of carbonyl (C=O) groups excluding carboxylic acids is 1. The number of nitrogens with zero attached hydrogens (tertiary/aromatic N) is 1. The largest absolute Gasteiger partial charge is 0.487 e. The molecule has 0 saturated heterocycles. The number of nitrogens with one attached hydrogen (secondary N) is 1. The SMILES string of the molecule is Cc1cc(OCc2ccc(F)cc2F)c(Br)c(=O)n1Cc1ccc(C(=O)NCC(C)(C)O)cc1. The molecule has 1 heterocycles. The molecule has 1 aromatic heterocycles. The van der Waals surface area contributed by atoms with Gasteiger partial charge in [0.15, 0.2) is 0 Å². The molecule has 2 N–H and O–H groups in total. The molecule has 0 saturated carbocycles. The van der Waals surface area contributed by atoms with Gasteiger partial charge in [0, 0.05) is 35.5 Å². The predicted molar refractivity (Wildman–Crippen MR) is 128 cm³/mol. The zero-order chi connectivity index (χ0) is 25.0. The van der Waals surface area contributed by atoms with Crippen LogP contribution in [-0.2, 0) is 13.2 Å². The van der Waals surface area contributed by atoms with E-state index in [2.05, 4.69) is 21.2 Å². The first-order chi connectivity index (χ1) is 15.9. The molecule has 2 aromatic carbocycles. The molecule has 0 fully saturated rings. The second-order valence-corrected chi connectivity index (χ2v) is 9.36. The number of aryl methyl sites for hydroxylation is 1. The summed E-state index contributed by atoms with van der Waals surface area (Å²) in [5, 5.41) is 12.4. The van der Waals surface area contributed by atoms with Crippen LogP contribution in [0.3, 0.4) is 0 Å². The van der Waals surface area contributed by atoms with E-state index in [-0.39, 0.29) is 46.9 Å². The Balaban J connectivity index is 1.72. The summed E-state index contributed by atoms with van der Waals surface area (Å²) >= 11 is 3.26. The maximum atomic E-state index is 13.9. The van der Waals surface area contributed by atoms with Crippen molar-refractivity contribution in [2.24, 2.45) is 0 Å². The number of benzene rings is 2. The monoisotopic (exact) mass is 534 g/mol. The van der Waals surface area contributed by atoms with Crippen molar-refractivity contribution in [3.63, 3.8) is 0 Å². The number of rotatable bonds is 8. The van der Waals surface area contributed by atoms with Crippen LogP contribution in [0, 0.1) is 18.6 Å². The van der Waals surface area contributed by atoms with Crippen molar-refractivity contribution in [2.45, 2.75) is 39.5 Å². The van der Waals surface area contributed by atoms with Crippen LogP contribution in [-0.4, -0.2) is 27.7 Å². The lowest BCUT2D eigenvalue weighted by Gasteiger charge is -2.17. The van der Waals surface area contributed by atoms with E-state index in [0.29, 0.717) is 11.3 Å². The summed E-state index contributed by atoms with van der Waals surface area (Å²) < 4.78 is 34.3. The van der Waals surface area contributed by atoms with Crippen LogP contribution in [0.5, 0.6) is 5.75 Å². The molecule has 0 bridgehead atoms. The molecule has 1 amide bonds. The molecule has 3 rings (SSSR count). The van der Waals surface area contributed by atoms with Crippen molar-refractivity contribution < 1.29 is 23.4 Å². The second-order valence-electron chi connectivity index (χ2n) is 8.57. The highest BCUT2D eigenvalue weighted by atomic mass is 79.9. The Kier molecular flexibility index (Phi) is 7.89. The summed E-state index contributed by atoms with van der Waals surface area (Å²) in [6, 6.07) is 11.7. The van der Waals surface area contributed by atoms with Crippen LogP contribution in [0.4, 0.5) is 8.78 Å². The summed E-state index contributed by atoms with van der Waals surface area (Å²) in [6.45, 7) is 5.18. The lowest BCUT2D eigenvalue weighted by molar-refractivity contribution is 0.0694. The number of aliphatic hydroxyl groups is 1. The molecule has 34 heavy (non-hydrogen) atoms. The minimum absolute atomic E-state index is 0.123. The van der Waals surface area contributed by atoms with Gasteiger partial charge in [0.1, 0.15) is 28.5 Å². The van der Waals surface area contributed by atoms with Crippen LogP contribution in [0.15, 0.2) is 57.8 Å². The fourth-order valence-corrected chi connectivity index (χ4v) is 3.60. The average molecular weight is 535 g/mol. The summed E-state index contributed by atoms with van der Waals surface area (Å²) in [4.78, 5) is 25.1. The summed E-state index contributed by atoms with van der Waals surface area (Å²) in [6.07, 6.45) is 0. The first-order valence-corrected chi connectivity index (χ1v) is 11.3. The topological polar surface area (TPSA) is 80.6 Å². The number of carbonyl (C=O) groups is 1. The van der Waals surface area contributed by atoms with E-state index in [1.54, 1.807) is 55.7 Å². The molecule has 6 nitrogen and oxygen atoms in total. The maximum Gasteiger partial charge on any atom is 0.269 e. The van der Waals surface area contributed by atoms with Crippen molar-refractivity contribution in [1.29, 1.82) is 0 Å². The number of ether oxygens (including phenoxy) is 1. The zero-order valence-corrected chi connectivity index (χ0v) is 20.6. The van der Waals surface area contributed by atoms with Crippen LogP contribution < -0.4 is 15.6 Å². The fraction of sp³-hybridized carbons (Fsp3) is 0.280. The van der Waals surface area contributed by atoms with Gasteiger partial charge in [0.05, 0.1) is 12.1 Å². The predicted octanol–water partition coefficient (Wildman–Crippen LogP) is 4.33. The highest BCUT2D eigenvalue weighted by Gasteiger charge is 2.16. The van der Waals surface area contributed by atoms with Gasteiger partial charge in [-0.1, -0.05) is 12.1 Å². The van der Waals surface area contributed by atoms with Gasteiger partial charge < -0.3 is 19.7 Å². The third-order valence-corrected chi connectivity index (χ3v) is 5.78. The maximum absolute atomic E-state index is 13.9. The number of halogens is 3. The normalized spacial score (nSPS) is 11.4. The summed E-state index contributed by atoms with van der Waals surface area (Å²) in [5.41, 5.74) is 0.691. The Morgan fingerprint density at radius 2 is 1.82 bits per heavy atom. The summed E-state index contributed by atoms with van der Waals surface area (Å²) in [5.74, 6) is -1.45. The number of aromatic nitrogens is 1. The summed E-state index contributed by atoms with van der Waals surface area (Å²) in [7, 11) is 0. The Bertz CT molecular complexity index is 1250. The molecule has 0 unspecified atom stereocenters. The Morgan fingerprint density at radius 3 is 2.44 bits per heavy atom. The van der Waals surface area contributed by atoms with Gasteiger partial charge in [-0.3, -0.25) is 9.59 Å². The smallest absolute Gasteiger partial charge is 0.269 e. The Labute approximate surface area is 204 Å². The molecular weight excluding hydrogens is 510 g/mol. The van der Waals surface area contributed by atoms with E-state index >= 15 is 0 Å². The Hall–Kier alpha value is -3.04. The Morgan fingerprint density at radius 1 is 1.15 bits per heavy atom. The number of amides is 1. The second kappa shape index (κ2) is 10.5. The minimum atomic E-state index is -1.01. The van der Waals surface area contributed by atoms with Crippen molar-refractivity contribution >= 4 is 21.8 Å². The van der Waals surface area contributed by atoms with Gasteiger partial charge in [-0.25, -0.2) is 8.78 Å². The molecule has 0 aliphatic heterocycles. The highest BCUT2D eigenvalue weighted by molar-refractivity contribution is 9.10. The lowest BCUT2D eigenvalue weighted by Crippen LogP contribution is -2.38. The number of pyridine rings is 1. The number of hydrogen-bond acceptors (Lipinski definition) is 4. The fourth-order valence-electron chi connectivity index (χ4n) is 3.15. The van der Waals surface area contributed by atoms with E-state index in [9.17, 15) is 23.5 Å². The quantitative estimate of drug-likeness (QED) is 0.450. The van der Waals surface area contributed by atoms with E-state index in [4.69, 9.17) is 4.74 Å². The van der Waals surface area contributed by atoms with Gasteiger partial charge in [-0.05, 0) is 66.5 Å². The van der Waals surface area contributed by atoms with Crippen molar-refractivity contribution in [1.82, 2.24) is 9.88 Å². The minimum Gasteiger partial charge on any atom is -0.487 e. The standard InChI is InChI=1S/C25H25BrF2N2O4/c1-15-10-21(34-13-18-8-9-19(27)11-20(18)28)22(26)24(32)30(15)12-16-4-6-17(7-5-16)23(31)29-14-25(2,3)33/h4-11,33H,12-14H2,1-3H3,(H,29,31). The van der Waals surface area contributed by atoms with Gasteiger partial charge in [0.2, 0.25) is 0 Å². The molecule has 0 spiro atoms. The van der Waals surface area contributed by atoms with E-state index in [1.165, 1.54) is 6.07 Å². The highest BCUT2D eigenvalue weighted by Crippen LogP contribution is 2.24. The van der Waals surface area contributed by atoms with Gasteiger partial charge in [-0.2, -0.15) is 0 Å². The zero-order valence-electron chi connectivity index (χ0n) is 19.0. The van der Waals surface area contributed by atoms with Gasteiger partial charge >= 0.3 is 0 Å². The van der Waals surface area contributed by atoms with E-state index in [0.717, 1.165) is 17.7 Å².